The van der Waals surface area contributed by atoms with Crippen LogP contribution in [0.3, 0.4) is 0 Å². The zero-order valence-corrected chi connectivity index (χ0v) is 43.7. The molecule has 80 heavy (non-hydrogen) atoms. The van der Waals surface area contributed by atoms with Gasteiger partial charge in [0.2, 0.25) is 0 Å². The van der Waals surface area contributed by atoms with Gasteiger partial charge in [0.25, 0.3) is 0 Å². The minimum atomic E-state index is -0.465. The molecule has 0 atom stereocenters. The van der Waals surface area contributed by atoms with E-state index in [1.807, 2.05) is 84.9 Å². The number of hydrogen-bond acceptors (Lipinski definition) is 2. The van der Waals surface area contributed by atoms with Gasteiger partial charge in [-0.3, -0.25) is 0 Å². The van der Waals surface area contributed by atoms with Crippen LogP contribution in [0.2, 0.25) is 0 Å². The van der Waals surface area contributed by atoms with Crippen molar-refractivity contribution in [1.82, 2.24) is 0 Å². The van der Waals surface area contributed by atoms with Crippen LogP contribution < -0.4 is 97.8 Å². The average molecular weight is 973 g/mol. The highest BCUT2D eigenvalue weighted by atomic mass is 16.3. The standard InChI is InChI=1S/C61H26B17NO/c1-61(2)32-18-6-5-14-28(32)29-16-8-17-30(40(29)61)35-41(62)54(75)58(55(76)42(35)63)79(25-12-7-11-24(22-25)26-15-9-19-33-34(26)31-21-20-23-10-3-4-13-27(23)60(31)80-33)59-56(77)49(70)39(50(71)57(59)78)37-45(66)43(64)36(44(65)46(37)67)38-47(68)51(72)53(74)52(73)48(38)69/h3-22H,1-2H3. The first kappa shape index (κ1) is 53.8. The van der Waals surface area contributed by atoms with Gasteiger partial charge in [0, 0.05) is 38.6 Å². The van der Waals surface area contributed by atoms with Gasteiger partial charge >= 0.3 is 0 Å². The second kappa shape index (κ2) is 19.4. The molecule has 34 radical (unpaired) electrons. The number of rotatable bonds is 7. The maximum atomic E-state index is 7.40. The van der Waals surface area contributed by atoms with Crippen LogP contribution in [0.25, 0.3) is 88.3 Å². The van der Waals surface area contributed by atoms with Crippen LogP contribution >= 0.6 is 0 Å². The summed E-state index contributed by atoms with van der Waals surface area (Å²) in [6.07, 6.45) is 0. The Labute approximate surface area is 489 Å². The number of anilines is 3. The molecule has 0 unspecified atom stereocenters. The van der Waals surface area contributed by atoms with Crippen LogP contribution in [0.1, 0.15) is 25.0 Å². The molecule has 11 aromatic rings. The maximum absolute atomic E-state index is 7.40. The lowest BCUT2D eigenvalue weighted by Crippen LogP contribution is -2.57. The summed E-state index contributed by atoms with van der Waals surface area (Å²) in [7, 11) is 118. The molecule has 0 aliphatic heterocycles. The number of hydrogen-bond donors (Lipinski definition) is 0. The van der Waals surface area contributed by atoms with Gasteiger partial charge in [-0.15, -0.1) is 16.4 Å². The summed E-state index contributed by atoms with van der Waals surface area (Å²) in [6.45, 7) is 4.33. The van der Waals surface area contributed by atoms with E-state index < -0.39 is 5.41 Å². The lowest BCUT2D eigenvalue weighted by Gasteiger charge is -2.38. The minimum absolute atomic E-state index is 0.0105. The van der Waals surface area contributed by atoms with Crippen molar-refractivity contribution >= 4 is 276 Å². The Morgan fingerprint density at radius 1 is 0.350 bits per heavy atom. The maximum Gasteiger partial charge on any atom is 0.143 e. The van der Waals surface area contributed by atoms with Crippen molar-refractivity contribution in [2.45, 2.75) is 19.3 Å². The van der Waals surface area contributed by atoms with E-state index in [9.17, 15) is 0 Å². The molecule has 0 amide bonds. The van der Waals surface area contributed by atoms with E-state index in [4.69, 9.17) is 138 Å². The fourth-order valence-corrected chi connectivity index (χ4v) is 12.2. The van der Waals surface area contributed by atoms with Crippen LogP contribution in [0.15, 0.2) is 126 Å². The molecule has 1 aliphatic rings. The van der Waals surface area contributed by atoms with Crippen molar-refractivity contribution in [3.63, 3.8) is 0 Å². The van der Waals surface area contributed by atoms with Gasteiger partial charge in [0.15, 0.2) is 0 Å². The van der Waals surface area contributed by atoms with Crippen molar-refractivity contribution in [2.24, 2.45) is 0 Å². The van der Waals surface area contributed by atoms with Crippen LogP contribution in [0, 0.1) is 0 Å². The quantitative estimate of drug-likeness (QED) is 0.156. The Bertz CT molecular complexity index is 4450. The Balaban J connectivity index is 1.11. The highest BCUT2D eigenvalue weighted by Gasteiger charge is 2.38. The van der Waals surface area contributed by atoms with Crippen molar-refractivity contribution in [1.29, 1.82) is 0 Å². The Morgan fingerprint density at radius 2 is 0.787 bits per heavy atom. The Kier molecular flexibility index (Phi) is 13.1. The van der Waals surface area contributed by atoms with Gasteiger partial charge in [-0.1, -0.05) is 187 Å². The van der Waals surface area contributed by atoms with Crippen molar-refractivity contribution in [3.8, 4) is 55.6 Å². The molecule has 19 heteroatoms. The Morgan fingerprint density at radius 3 is 1.38 bits per heavy atom. The van der Waals surface area contributed by atoms with E-state index in [0.29, 0.717) is 16.8 Å². The summed E-state index contributed by atoms with van der Waals surface area (Å²) >= 11 is 0. The third-order valence-electron chi connectivity index (χ3n) is 16.2. The number of nitrogens with zero attached hydrogens (tertiary/aromatic N) is 1. The van der Waals surface area contributed by atoms with E-state index in [1.54, 1.807) is 4.90 Å². The molecular formula is C61H26B17NO. The molecule has 0 fully saturated rings. The van der Waals surface area contributed by atoms with Gasteiger partial charge in [-0.05, 0) is 96.4 Å². The van der Waals surface area contributed by atoms with E-state index in [-0.39, 0.29) is 126 Å². The zero-order chi connectivity index (χ0) is 56.9. The first-order chi connectivity index (χ1) is 38.1. The minimum Gasteiger partial charge on any atom is -0.455 e. The summed E-state index contributed by atoms with van der Waals surface area (Å²) in [6, 6.07) is 40.0. The lowest BCUT2D eigenvalue weighted by molar-refractivity contribution is 0.662. The van der Waals surface area contributed by atoms with Crippen LogP contribution in [0.5, 0.6) is 0 Å². The Hall–Kier alpha value is -6.84. The third-order valence-corrected chi connectivity index (χ3v) is 16.2. The van der Waals surface area contributed by atoms with Gasteiger partial charge < -0.3 is 9.32 Å². The fourth-order valence-electron chi connectivity index (χ4n) is 12.2. The first-order valence-electron chi connectivity index (χ1n) is 25.4. The van der Waals surface area contributed by atoms with E-state index in [2.05, 4.69) is 50.2 Å². The molecule has 0 spiro atoms. The molecular weight excluding hydrogens is 946 g/mol. The molecule has 10 aromatic carbocycles. The van der Waals surface area contributed by atoms with Crippen LogP contribution in [-0.4, -0.2) is 133 Å². The molecule has 1 heterocycles. The number of benzene rings is 10. The largest absolute Gasteiger partial charge is 0.455 e. The van der Waals surface area contributed by atoms with Crippen molar-refractivity contribution in [3.05, 3.63) is 132 Å². The monoisotopic (exact) mass is 975 g/mol. The summed E-state index contributed by atoms with van der Waals surface area (Å²) in [5.41, 5.74) is 8.01. The van der Waals surface area contributed by atoms with Crippen LogP contribution in [-0.2, 0) is 5.41 Å². The lowest BCUT2D eigenvalue weighted by atomic mass is 9.55. The smallest absolute Gasteiger partial charge is 0.143 e. The van der Waals surface area contributed by atoms with Crippen molar-refractivity contribution in [2.75, 3.05) is 4.90 Å². The topological polar surface area (TPSA) is 16.4 Å². The van der Waals surface area contributed by atoms with Crippen LogP contribution in [0.4, 0.5) is 17.1 Å². The second-order valence-electron chi connectivity index (χ2n) is 20.8. The van der Waals surface area contributed by atoms with E-state index >= 15 is 0 Å². The molecule has 1 aromatic heterocycles. The zero-order valence-electron chi connectivity index (χ0n) is 43.7. The molecule has 2 nitrogen and oxygen atoms in total. The first-order valence-corrected chi connectivity index (χ1v) is 25.4. The van der Waals surface area contributed by atoms with Gasteiger partial charge in [0.1, 0.15) is 145 Å². The predicted octanol–water partition coefficient (Wildman–Crippen LogP) is -3.32. The average Bonchev–Trinajstić information content (AvgIpc) is 3.96. The summed E-state index contributed by atoms with van der Waals surface area (Å²) in [4.78, 5) is 1.65. The molecule has 0 saturated carbocycles. The number of furan rings is 1. The molecule has 0 N–H and O–H groups in total. The molecule has 12 rings (SSSR count). The summed E-state index contributed by atoms with van der Waals surface area (Å²) in [5, 5.41) is 3.83. The number of fused-ring (bicyclic) bond motifs is 8. The van der Waals surface area contributed by atoms with E-state index in [0.717, 1.165) is 66.1 Å². The normalized spacial score (nSPS) is 12.6. The highest BCUT2D eigenvalue weighted by molar-refractivity contribution is 6.72. The van der Waals surface area contributed by atoms with Gasteiger partial charge in [0.05, 0.1) is 0 Å². The molecule has 0 saturated heterocycles. The SMILES string of the molecule is [B]c1c([B])c([B])c(-c2c([B])c([B])c(-c3c([B])c([B])c(N(c4cccc(-c5cccc6oc7c8ccccc8ccc7c56)c4)c4c([B])c([B])c(-c5cccc6c5C(C)(C)c5ccccc5-6)c([B])c4[B])c([B])c3[B])c([B])c2[B])c([B])c1[B]. The molecule has 0 bridgehead atoms. The molecule has 332 valence electrons. The molecule has 1 aliphatic carbocycles. The second-order valence-corrected chi connectivity index (χ2v) is 20.8. The summed E-state index contributed by atoms with van der Waals surface area (Å²) in [5.74, 6) is 0. The van der Waals surface area contributed by atoms with Gasteiger partial charge in [-0.2, -0.15) is 0 Å². The van der Waals surface area contributed by atoms with Crippen molar-refractivity contribution < 1.29 is 4.42 Å². The van der Waals surface area contributed by atoms with E-state index in [1.165, 1.54) is 0 Å². The fraction of sp³-hybridized carbons (Fsp3) is 0.0492. The predicted molar refractivity (Wildman–Crippen MR) is 357 cm³/mol. The summed E-state index contributed by atoms with van der Waals surface area (Å²) < 4.78 is 6.61. The van der Waals surface area contributed by atoms with Gasteiger partial charge in [-0.25, -0.2) is 0 Å². The highest BCUT2D eigenvalue weighted by Crippen LogP contribution is 2.52. The third kappa shape index (κ3) is 7.64.